The second-order valence-electron chi connectivity index (χ2n) is 4.05. The van der Waals surface area contributed by atoms with Crippen molar-refractivity contribution in [3.8, 4) is 0 Å². The second-order valence-corrected chi connectivity index (χ2v) is 4.05. The molecule has 0 bridgehead atoms. The summed E-state index contributed by atoms with van der Waals surface area (Å²) >= 11 is 0. The van der Waals surface area contributed by atoms with Gasteiger partial charge in [-0.15, -0.1) is 0 Å². The molecular weight excluding hydrogens is 120 g/mol. The van der Waals surface area contributed by atoms with E-state index in [1.165, 1.54) is 24.3 Å². The molecule has 0 amide bonds. The summed E-state index contributed by atoms with van der Waals surface area (Å²) in [6.45, 7) is 10.8. The molecule has 0 N–H and O–H groups in total. The Hall–Kier alpha value is -0.260. The van der Waals surface area contributed by atoms with Crippen LogP contribution < -0.4 is 0 Å². The van der Waals surface area contributed by atoms with Crippen LogP contribution in [0.1, 0.15) is 33.6 Å². The van der Waals surface area contributed by atoms with E-state index < -0.39 is 0 Å². The number of hydrogen-bond donors (Lipinski definition) is 0. The van der Waals surface area contributed by atoms with E-state index in [1.807, 2.05) is 0 Å². The third kappa shape index (κ3) is 1.62. The Balaban J connectivity index is 2.57. The third-order valence-electron chi connectivity index (χ3n) is 2.19. The molecule has 2 radical (unpaired) electrons. The van der Waals surface area contributed by atoms with Gasteiger partial charge in [-0.1, -0.05) is 32.9 Å². The minimum Gasteiger partial charge on any atom is -0.0990 e. The first-order chi connectivity index (χ1) is 4.51. The van der Waals surface area contributed by atoms with Crippen molar-refractivity contribution in [1.29, 1.82) is 0 Å². The average Bonchev–Trinajstić information content (AvgIpc) is 1.79. The summed E-state index contributed by atoms with van der Waals surface area (Å²) in [5.41, 5.74) is 1.73. The van der Waals surface area contributed by atoms with Gasteiger partial charge in [0, 0.05) is 0 Å². The highest BCUT2D eigenvalue weighted by Crippen LogP contribution is 2.40. The summed E-state index contributed by atoms with van der Waals surface area (Å²) in [5.74, 6) is 1.45. The minimum absolute atomic E-state index is 0.477. The predicted molar refractivity (Wildman–Crippen MR) is 45.4 cm³/mol. The Labute approximate surface area is 64.3 Å². The first-order valence-electron chi connectivity index (χ1n) is 3.86. The minimum atomic E-state index is 0.477. The maximum Gasteiger partial charge on any atom is -0.00199 e. The molecule has 0 nitrogen and oxygen atoms in total. The maximum absolute atomic E-state index is 3.97. The van der Waals surface area contributed by atoms with E-state index in [4.69, 9.17) is 0 Å². The molecule has 10 heavy (non-hydrogen) atoms. The van der Waals surface area contributed by atoms with Crippen LogP contribution in [-0.4, -0.2) is 0 Å². The molecule has 0 aliphatic heterocycles. The molecule has 0 unspecified atom stereocenters. The predicted octanol–water partition coefficient (Wildman–Crippen LogP) is 3.16. The van der Waals surface area contributed by atoms with E-state index in [1.54, 1.807) is 0 Å². The van der Waals surface area contributed by atoms with Crippen LogP contribution in [-0.2, 0) is 0 Å². The molecule has 1 fully saturated rings. The normalized spacial score (nSPS) is 26.9. The second kappa shape index (κ2) is 2.41. The number of allylic oxidation sites excluding steroid dienone is 1. The highest BCUT2D eigenvalue weighted by molar-refractivity contribution is 5.31. The molecule has 1 aliphatic carbocycles. The molecular formula is C10H16. The zero-order valence-corrected chi connectivity index (χ0v) is 7.20. The Morgan fingerprint density at radius 3 is 2.50 bits per heavy atom. The molecule has 1 aliphatic rings. The van der Waals surface area contributed by atoms with Crippen LogP contribution in [0.3, 0.4) is 0 Å². The van der Waals surface area contributed by atoms with Gasteiger partial charge in [-0.3, -0.25) is 0 Å². The zero-order valence-electron chi connectivity index (χ0n) is 7.20. The lowest BCUT2D eigenvalue weighted by Gasteiger charge is -2.34. The molecule has 0 atom stereocenters. The lowest BCUT2D eigenvalue weighted by Crippen LogP contribution is -2.21. The van der Waals surface area contributed by atoms with Gasteiger partial charge in [0.25, 0.3) is 0 Å². The van der Waals surface area contributed by atoms with Crippen molar-refractivity contribution in [3.05, 3.63) is 24.5 Å². The van der Waals surface area contributed by atoms with Gasteiger partial charge in [-0.05, 0) is 30.6 Å². The Kier molecular flexibility index (Phi) is 1.89. The third-order valence-corrected chi connectivity index (χ3v) is 2.19. The van der Waals surface area contributed by atoms with Crippen molar-refractivity contribution in [2.75, 3.05) is 0 Å². The van der Waals surface area contributed by atoms with Crippen molar-refractivity contribution in [1.82, 2.24) is 0 Å². The van der Waals surface area contributed by atoms with Crippen molar-refractivity contribution < 1.29 is 0 Å². The molecule has 0 aromatic carbocycles. The lowest BCUT2D eigenvalue weighted by molar-refractivity contribution is 0.326. The molecule has 1 saturated carbocycles. The van der Waals surface area contributed by atoms with E-state index in [-0.39, 0.29) is 0 Å². The average molecular weight is 136 g/mol. The molecule has 0 aromatic heterocycles. The van der Waals surface area contributed by atoms with Crippen LogP contribution in [0, 0.1) is 17.8 Å². The Morgan fingerprint density at radius 1 is 1.50 bits per heavy atom. The van der Waals surface area contributed by atoms with Gasteiger partial charge in [-0.2, -0.15) is 0 Å². The smallest absolute Gasteiger partial charge is 0.00199 e. The van der Waals surface area contributed by atoms with Crippen LogP contribution in [0.2, 0.25) is 0 Å². The van der Waals surface area contributed by atoms with E-state index in [2.05, 4.69) is 33.8 Å². The van der Waals surface area contributed by atoms with E-state index >= 15 is 0 Å². The monoisotopic (exact) mass is 136 g/mol. The van der Waals surface area contributed by atoms with Crippen molar-refractivity contribution in [3.63, 3.8) is 0 Å². The van der Waals surface area contributed by atoms with Crippen LogP contribution in [0.15, 0.2) is 12.2 Å². The van der Waals surface area contributed by atoms with E-state index in [0.717, 1.165) is 0 Å². The van der Waals surface area contributed by atoms with Gasteiger partial charge in [0.05, 0.1) is 0 Å². The molecule has 0 heteroatoms. The van der Waals surface area contributed by atoms with Crippen LogP contribution in [0.4, 0.5) is 0 Å². The summed E-state index contributed by atoms with van der Waals surface area (Å²) in [6, 6.07) is 0. The first-order valence-corrected chi connectivity index (χ1v) is 3.86. The quantitative estimate of drug-likeness (QED) is 0.480. The van der Waals surface area contributed by atoms with E-state index in [0.29, 0.717) is 5.41 Å². The molecule has 56 valence electrons. The van der Waals surface area contributed by atoms with Crippen LogP contribution >= 0.6 is 0 Å². The summed E-state index contributed by atoms with van der Waals surface area (Å²) in [5, 5.41) is 0. The van der Waals surface area contributed by atoms with Crippen molar-refractivity contribution >= 4 is 0 Å². The van der Waals surface area contributed by atoms with Gasteiger partial charge < -0.3 is 0 Å². The summed E-state index contributed by atoms with van der Waals surface area (Å²) in [4.78, 5) is 0. The first kappa shape index (κ1) is 7.84. The van der Waals surface area contributed by atoms with Gasteiger partial charge in [-0.25, -0.2) is 0 Å². The highest BCUT2D eigenvalue weighted by atomic mass is 14.3. The maximum atomic E-state index is 3.97. The summed E-state index contributed by atoms with van der Waals surface area (Å²) in [7, 11) is 0. The SMILES string of the molecule is C=C1[CH]CC(C)(C)C[C]1C. The summed E-state index contributed by atoms with van der Waals surface area (Å²) < 4.78 is 0. The number of rotatable bonds is 0. The lowest BCUT2D eigenvalue weighted by atomic mass is 9.71. The highest BCUT2D eigenvalue weighted by Gasteiger charge is 2.27. The molecule has 0 heterocycles. The Bertz CT molecular complexity index is 142. The Morgan fingerprint density at radius 2 is 2.10 bits per heavy atom. The van der Waals surface area contributed by atoms with Crippen molar-refractivity contribution in [2.45, 2.75) is 33.6 Å². The standard InChI is InChI=1S/C10H16/c1-8-5-6-10(3,4)7-9(8)2/h5H,1,6-7H2,2-4H3. The fourth-order valence-corrected chi connectivity index (χ4v) is 1.48. The molecule has 1 rings (SSSR count). The fourth-order valence-electron chi connectivity index (χ4n) is 1.48. The molecule has 0 spiro atoms. The molecule has 0 aromatic rings. The van der Waals surface area contributed by atoms with Gasteiger partial charge in [0.15, 0.2) is 0 Å². The van der Waals surface area contributed by atoms with Crippen LogP contribution in [0.25, 0.3) is 0 Å². The van der Waals surface area contributed by atoms with Gasteiger partial charge in [0.2, 0.25) is 0 Å². The fraction of sp³-hybridized carbons (Fsp3) is 0.600. The van der Waals surface area contributed by atoms with Crippen molar-refractivity contribution in [2.24, 2.45) is 5.41 Å². The zero-order chi connectivity index (χ0) is 7.78. The largest absolute Gasteiger partial charge is 0.0990 e. The van der Waals surface area contributed by atoms with Crippen LogP contribution in [0.5, 0.6) is 0 Å². The van der Waals surface area contributed by atoms with Gasteiger partial charge >= 0.3 is 0 Å². The van der Waals surface area contributed by atoms with E-state index in [9.17, 15) is 0 Å². The summed E-state index contributed by atoms with van der Waals surface area (Å²) in [6.07, 6.45) is 4.64. The van der Waals surface area contributed by atoms with Gasteiger partial charge in [0.1, 0.15) is 0 Å². The number of hydrogen-bond acceptors (Lipinski definition) is 0. The topological polar surface area (TPSA) is 0 Å². The molecule has 0 saturated heterocycles.